The molecule has 1 aromatic carbocycles. The molecule has 0 heterocycles. The second kappa shape index (κ2) is 6.61. The third-order valence-corrected chi connectivity index (χ3v) is 4.92. The van der Waals surface area contributed by atoms with Crippen LogP contribution < -0.4 is 10.5 Å². The van der Waals surface area contributed by atoms with Crippen molar-refractivity contribution in [1.29, 1.82) is 0 Å². The van der Waals surface area contributed by atoms with Gasteiger partial charge in [-0.2, -0.15) is 0 Å². The molecule has 1 aromatic rings. The predicted octanol–water partition coefficient (Wildman–Crippen LogP) is 3.79. The number of benzene rings is 1. The lowest BCUT2D eigenvalue weighted by molar-refractivity contribution is 0.0773. The van der Waals surface area contributed by atoms with Gasteiger partial charge in [-0.05, 0) is 49.9 Å². The number of rotatable bonds is 4. The van der Waals surface area contributed by atoms with Crippen molar-refractivity contribution in [2.24, 2.45) is 11.1 Å². The quantitative estimate of drug-likeness (QED) is 0.677. The van der Waals surface area contributed by atoms with Crippen molar-refractivity contribution in [2.75, 3.05) is 13.7 Å². The Bertz CT molecular complexity index is 514. The highest BCUT2D eigenvalue weighted by Gasteiger charge is 2.38. The van der Waals surface area contributed by atoms with E-state index in [1.54, 1.807) is 7.11 Å². The normalized spacial score (nSPS) is 18.1. The Labute approximate surface area is 127 Å². The van der Waals surface area contributed by atoms with Crippen molar-refractivity contribution in [2.45, 2.75) is 52.4 Å². The SMILES string of the molecule is COc1cc(C)c(C(=O)C2(CN)CCCCCC2)cc1C. The second-order valence-electron chi connectivity index (χ2n) is 6.36. The lowest BCUT2D eigenvalue weighted by Crippen LogP contribution is -2.38. The van der Waals surface area contributed by atoms with E-state index < -0.39 is 0 Å². The predicted molar refractivity (Wildman–Crippen MR) is 86.0 cm³/mol. The fraction of sp³-hybridized carbons (Fsp3) is 0.611. The molecule has 1 saturated carbocycles. The lowest BCUT2D eigenvalue weighted by atomic mass is 9.73. The van der Waals surface area contributed by atoms with E-state index in [2.05, 4.69) is 0 Å². The molecule has 2 N–H and O–H groups in total. The highest BCUT2D eigenvalue weighted by molar-refractivity contribution is 6.02. The zero-order valence-electron chi connectivity index (χ0n) is 13.5. The van der Waals surface area contributed by atoms with Gasteiger partial charge in [-0.3, -0.25) is 4.79 Å². The maximum absolute atomic E-state index is 13.2. The van der Waals surface area contributed by atoms with Crippen LogP contribution in [-0.4, -0.2) is 19.4 Å². The number of aryl methyl sites for hydroxylation is 2. The topological polar surface area (TPSA) is 52.3 Å². The standard InChI is InChI=1S/C18H27NO2/c1-13-11-16(21-3)14(2)10-15(13)17(20)18(12-19)8-6-4-5-7-9-18/h10-11H,4-9,12,19H2,1-3H3. The summed E-state index contributed by atoms with van der Waals surface area (Å²) in [5, 5.41) is 0. The molecule has 0 unspecified atom stereocenters. The van der Waals surface area contributed by atoms with Gasteiger partial charge in [-0.25, -0.2) is 0 Å². The summed E-state index contributed by atoms with van der Waals surface area (Å²) in [6.07, 6.45) is 6.50. The molecule has 2 rings (SSSR count). The molecule has 0 bridgehead atoms. The van der Waals surface area contributed by atoms with Crippen LogP contribution in [0.1, 0.15) is 60.0 Å². The van der Waals surface area contributed by atoms with Crippen molar-refractivity contribution in [3.63, 3.8) is 0 Å². The zero-order valence-corrected chi connectivity index (χ0v) is 13.5. The second-order valence-corrected chi connectivity index (χ2v) is 6.36. The van der Waals surface area contributed by atoms with Gasteiger partial charge in [0.1, 0.15) is 5.75 Å². The number of ether oxygens (including phenoxy) is 1. The first kappa shape index (κ1) is 16.0. The van der Waals surface area contributed by atoms with Gasteiger partial charge in [-0.1, -0.05) is 25.7 Å². The van der Waals surface area contributed by atoms with Crippen molar-refractivity contribution in [1.82, 2.24) is 0 Å². The van der Waals surface area contributed by atoms with Crippen LogP contribution in [0, 0.1) is 19.3 Å². The Kier molecular flexibility index (Phi) is 5.04. The number of ketones is 1. The van der Waals surface area contributed by atoms with Crippen molar-refractivity contribution in [3.05, 3.63) is 28.8 Å². The number of methoxy groups -OCH3 is 1. The minimum absolute atomic E-state index is 0.232. The maximum atomic E-state index is 13.2. The van der Waals surface area contributed by atoms with E-state index in [4.69, 9.17) is 10.5 Å². The van der Waals surface area contributed by atoms with Gasteiger partial charge >= 0.3 is 0 Å². The van der Waals surface area contributed by atoms with Crippen LogP contribution in [0.25, 0.3) is 0 Å². The number of hydrogen-bond acceptors (Lipinski definition) is 3. The Morgan fingerprint density at radius 3 is 2.29 bits per heavy atom. The molecule has 0 spiro atoms. The van der Waals surface area contributed by atoms with Crippen LogP contribution in [0.3, 0.4) is 0 Å². The highest BCUT2D eigenvalue weighted by Crippen LogP contribution is 2.38. The molecule has 3 heteroatoms. The van der Waals surface area contributed by atoms with E-state index in [9.17, 15) is 4.79 Å². The molecule has 21 heavy (non-hydrogen) atoms. The Morgan fingerprint density at radius 1 is 1.14 bits per heavy atom. The van der Waals surface area contributed by atoms with E-state index in [1.807, 2.05) is 26.0 Å². The molecule has 0 atom stereocenters. The first-order chi connectivity index (χ1) is 10.0. The average molecular weight is 289 g/mol. The van der Waals surface area contributed by atoms with Crippen molar-refractivity contribution < 1.29 is 9.53 Å². The number of carbonyl (C=O) groups excluding carboxylic acids is 1. The monoisotopic (exact) mass is 289 g/mol. The fourth-order valence-corrected chi connectivity index (χ4v) is 3.47. The van der Waals surface area contributed by atoms with Gasteiger partial charge in [0.15, 0.2) is 5.78 Å². The van der Waals surface area contributed by atoms with Crippen LogP contribution in [0.2, 0.25) is 0 Å². The van der Waals surface area contributed by atoms with Gasteiger partial charge < -0.3 is 10.5 Å². The summed E-state index contributed by atoms with van der Waals surface area (Å²) in [5.41, 5.74) is 8.50. The largest absolute Gasteiger partial charge is 0.496 e. The van der Waals surface area contributed by atoms with E-state index in [0.29, 0.717) is 6.54 Å². The van der Waals surface area contributed by atoms with E-state index in [1.165, 1.54) is 12.8 Å². The number of Topliss-reactive ketones (excluding diaryl/α,β-unsaturated/α-hetero) is 1. The molecular formula is C18H27NO2. The van der Waals surface area contributed by atoms with Crippen LogP contribution in [0.4, 0.5) is 0 Å². The minimum atomic E-state index is -0.359. The third kappa shape index (κ3) is 3.13. The number of carbonyl (C=O) groups is 1. The first-order valence-electron chi connectivity index (χ1n) is 7.94. The van der Waals surface area contributed by atoms with Crippen LogP contribution in [0.15, 0.2) is 12.1 Å². The van der Waals surface area contributed by atoms with Gasteiger partial charge in [0.25, 0.3) is 0 Å². The molecule has 0 saturated heterocycles. The first-order valence-corrected chi connectivity index (χ1v) is 7.94. The van der Waals surface area contributed by atoms with Crippen molar-refractivity contribution >= 4 is 5.78 Å². The minimum Gasteiger partial charge on any atom is -0.496 e. The lowest BCUT2D eigenvalue weighted by Gasteiger charge is -2.30. The molecule has 1 aliphatic carbocycles. The Balaban J connectivity index is 2.39. The fourth-order valence-electron chi connectivity index (χ4n) is 3.47. The Morgan fingerprint density at radius 2 is 1.76 bits per heavy atom. The molecule has 0 radical (unpaired) electrons. The smallest absolute Gasteiger partial charge is 0.170 e. The van der Waals surface area contributed by atoms with Crippen LogP contribution in [-0.2, 0) is 0 Å². The number of nitrogens with two attached hydrogens (primary N) is 1. The number of hydrogen-bond donors (Lipinski definition) is 1. The summed E-state index contributed by atoms with van der Waals surface area (Å²) >= 11 is 0. The molecule has 3 nitrogen and oxygen atoms in total. The zero-order chi connectivity index (χ0) is 15.5. The van der Waals surface area contributed by atoms with Crippen LogP contribution in [0.5, 0.6) is 5.75 Å². The van der Waals surface area contributed by atoms with Gasteiger partial charge in [0.2, 0.25) is 0 Å². The molecule has 116 valence electrons. The third-order valence-electron chi connectivity index (χ3n) is 4.92. The molecule has 1 aliphatic rings. The summed E-state index contributed by atoms with van der Waals surface area (Å²) < 4.78 is 5.34. The van der Waals surface area contributed by atoms with Gasteiger partial charge in [-0.15, -0.1) is 0 Å². The van der Waals surface area contributed by atoms with Gasteiger partial charge in [0.05, 0.1) is 7.11 Å². The highest BCUT2D eigenvalue weighted by atomic mass is 16.5. The average Bonchev–Trinajstić information content (AvgIpc) is 2.74. The summed E-state index contributed by atoms with van der Waals surface area (Å²) in [6.45, 7) is 4.42. The molecule has 0 aliphatic heterocycles. The molecule has 0 amide bonds. The summed E-state index contributed by atoms with van der Waals surface area (Å²) in [4.78, 5) is 13.2. The van der Waals surface area contributed by atoms with Crippen molar-refractivity contribution in [3.8, 4) is 5.75 Å². The molecule has 0 aromatic heterocycles. The molecule has 1 fully saturated rings. The van der Waals surface area contributed by atoms with Gasteiger partial charge in [0, 0.05) is 17.5 Å². The summed E-state index contributed by atoms with van der Waals surface area (Å²) in [5.74, 6) is 1.07. The maximum Gasteiger partial charge on any atom is 0.170 e. The van der Waals surface area contributed by atoms with E-state index in [0.717, 1.165) is 48.1 Å². The molecular weight excluding hydrogens is 262 g/mol. The summed E-state index contributed by atoms with van der Waals surface area (Å²) in [6, 6.07) is 3.93. The van der Waals surface area contributed by atoms with E-state index in [-0.39, 0.29) is 11.2 Å². The Hall–Kier alpha value is -1.35. The van der Waals surface area contributed by atoms with Crippen LogP contribution >= 0.6 is 0 Å². The van der Waals surface area contributed by atoms with E-state index >= 15 is 0 Å². The summed E-state index contributed by atoms with van der Waals surface area (Å²) in [7, 11) is 1.66.